The Hall–Kier alpha value is -4.06. The first-order valence-corrected chi connectivity index (χ1v) is 10.8. The number of ether oxygens (including phenoxy) is 1. The van der Waals surface area contributed by atoms with Gasteiger partial charge in [0, 0.05) is 13.8 Å². The number of phenols is 1. The number of hydrogen-bond donors (Lipinski definition) is 3. The molecule has 0 bridgehead atoms. The minimum absolute atomic E-state index is 0.0869. The van der Waals surface area contributed by atoms with Crippen molar-refractivity contribution in [1.82, 2.24) is 0 Å². The van der Waals surface area contributed by atoms with E-state index in [1.807, 2.05) is 60.7 Å². The van der Waals surface area contributed by atoms with Crippen molar-refractivity contribution in [2.24, 2.45) is 0 Å². The summed E-state index contributed by atoms with van der Waals surface area (Å²) in [5.74, 6) is 0.530. The lowest BCUT2D eigenvalue weighted by atomic mass is 10.1. The molecule has 0 spiro atoms. The summed E-state index contributed by atoms with van der Waals surface area (Å²) >= 11 is 0. The molecule has 0 aliphatic heterocycles. The van der Waals surface area contributed by atoms with E-state index in [-0.39, 0.29) is 17.6 Å². The summed E-state index contributed by atoms with van der Waals surface area (Å²) in [5, 5.41) is 19.2. The Morgan fingerprint density at radius 3 is 1.73 bits per heavy atom. The SMILES string of the molecule is CC(=O)Nc1cc2ccccc2cc1O.CCCOc1cc2ccccc2cc1NC(C)=O. The van der Waals surface area contributed by atoms with Crippen molar-refractivity contribution in [1.29, 1.82) is 0 Å². The van der Waals surface area contributed by atoms with Crippen LogP contribution < -0.4 is 15.4 Å². The number of aromatic hydroxyl groups is 1. The fourth-order valence-corrected chi connectivity index (χ4v) is 3.36. The number of amides is 2. The number of carbonyl (C=O) groups is 2. The minimum atomic E-state index is -0.194. The second-order valence-electron chi connectivity index (χ2n) is 7.62. The van der Waals surface area contributed by atoms with Crippen molar-refractivity contribution in [2.75, 3.05) is 17.2 Å². The van der Waals surface area contributed by atoms with Crippen LogP contribution >= 0.6 is 0 Å². The van der Waals surface area contributed by atoms with Crippen LogP contribution in [0.15, 0.2) is 72.8 Å². The highest BCUT2D eigenvalue weighted by Crippen LogP contribution is 2.31. The molecule has 0 unspecified atom stereocenters. The van der Waals surface area contributed by atoms with E-state index in [2.05, 4.69) is 17.6 Å². The molecule has 0 aromatic heterocycles. The summed E-state index contributed by atoms with van der Waals surface area (Å²) in [6.07, 6.45) is 0.937. The molecule has 0 saturated heterocycles. The highest BCUT2D eigenvalue weighted by Gasteiger charge is 2.07. The fraction of sp³-hybridized carbons (Fsp3) is 0.185. The van der Waals surface area contributed by atoms with Gasteiger partial charge in [0.2, 0.25) is 11.8 Å². The lowest BCUT2D eigenvalue weighted by molar-refractivity contribution is -0.115. The first-order valence-electron chi connectivity index (χ1n) is 10.8. The molecule has 4 rings (SSSR count). The second kappa shape index (κ2) is 11.0. The summed E-state index contributed by atoms with van der Waals surface area (Å²) in [6.45, 7) is 5.61. The largest absolute Gasteiger partial charge is 0.506 e. The van der Waals surface area contributed by atoms with Gasteiger partial charge in [-0.15, -0.1) is 0 Å². The molecular formula is C27H28N2O4. The van der Waals surface area contributed by atoms with Crippen LogP contribution in [0.1, 0.15) is 27.2 Å². The van der Waals surface area contributed by atoms with Crippen LogP contribution in [0, 0.1) is 0 Å². The summed E-state index contributed by atoms with van der Waals surface area (Å²) in [7, 11) is 0. The standard InChI is InChI=1S/C15H17NO2.C12H11NO2/c1-3-8-18-15-10-13-7-5-4-6-12(13)9-14(15)16-11(2)17;1-8(14)13-11-6-9-4-2-3-5-10(9)7-12(11)15/h4-7,9-10H,3,8H2,1-2H3,(H,16,17);2-7,15H,1H3,(H,13,14). The number of anilines is 2. The zero-order valence-electron chi connectivity index (χ0n) is 19.0. The first-order chi connectivity index (χ1) is 15.9. The Bertz CT molecular complexity index is 1280. The third-order valence-corrected chi connectivity index (χ3v) is 4.80. The van der Waals surface area contributed by atoms with Crippen molar-refractivity contribution in [3.05, 3.63) is 72.8 Å². The van der Waals surface area contributed by atoms with E-state index in [0.717, 1.165) is 39.4 Å². The van der Waals surface area contributed by atoms with E-state index in [4.69, 9.17) is 4.74 Å². The van der Waals surface area contributed by atoms with E-state index in [0.29, 0.717) is 12.3 Å². The molecule has 4 aromatic rings. The van der Waals surface area contributed by atoms with Crippen molar-refractivity contribution in [2.45, 2.75) is 27.2 Å². The smallest absolute Gasteiger partial charge is 0.221 e. The molecule has 170 valence electrons. The van der Waals surface area contributed by atoms with Gasteiger partial charge in [-0.3, -0.25) is 9.59 Å². The van der Waals surface area contributed by atoms with Crippen molar-refractivity contribution < 1.29 is 19.4 Å². The molecule has 33 heavy (non-hydrogen) atoms. The van der Waals surface area contributed by atoms with E-state index in [9.17, 15) is 14.7 Å². The normalized spacial score (nSPS) is 10.3. The molecule has 6 heteroatoms. The van der Waals surface area contributed by atoms with E-state index in [1.54, 1.807) is 12.1 Å². The second-order valence-corrected chi connectivity index (χ2v) is 7.62. The molecule has 4 aromatic carbocycles. The first kappa shape index (κ1) is 23.6. The van der Waals surface area contributed by atoms with Crippen LogP contribution in [0.4, 0.5) is 11.4 Å². The van der Waals surface area contributed by atoms with E-state index >= 15 is 0 Å². The van der Waals surface area contributed by atoms with Gasteiger partial charge in [-0.1, -0.05) is 55.5 Å². The molecule has 0 atom stereocenters. The summed E-state index contributed by atoms with van der Waals surface area (Å²) in [5.41, 5.74) is 1.18. The molecule has 0 aliphatic carbocycles. The van der Waals surface area contributed by atoms with Gasteiger partial charge < -0.3 is 20.5 Å². The third-order valence-electron chi connectivity index (χ3n) is 4.80. The number of rotatable bonds is 5. The lowest BCUT2D eigenvalue weighted by Crippen LogP contribution is -2.08. The van der Waals surface area contributed by atoms with Crippen LogP contribution in [-0.4, -0.2) is 23.5 Å². The highest BCUT2D eigenvalue weighted by molar-refractivity contribution is 5.96. The highest BCUT2D eigenvalue weighted by atomic mass is 16.5. The Balaban J connectivity index is 0.000000189. The third kappa shape index (κ3) is 6.46. The average molecular weight is 445 g/mol. The van der Waals surface area contributed by atoms with Gasteiger partial charge in [-0.05, 0) is 52.2 Å². The molecule has 0 heterocycles. The number of fused-ring (bicyclic) bond motifs is 2. The molecule has 0 radical (unpaired) electrons. The fourth-order valence-electron chi connectivity index (χ4n) is 3.36. The van der Waals surface area contributed by atoms with Crippen LogP contribution in [0.25, 0.3) is 21.5 Å². The number of nitrogens with one attached hydrogen (secondary N) is 2. The number of phenolic OH excluding ortho intramolecular Hbond substituents is 1. The summed E-state index contributed by atoms with van der Waals surface area (Å²) in [4.78, 5) is 22.1. The Labute approximate surface area is 193 Å². The number of carbonyl (C=O) groups excluding carboxylic acids is 2. The molecular weight excluding hydrogens is 416 g/mol. The van der Waals surface area contributed by atoms with Gasteiger partial charge in [0.15, 0.2) is 0 Å². The lowest BCUT2D eigenvalue weighted by Gasteiger charge is -2.12. The van der Waals surface area contributed by atoms with Crippen LogP contribution in [0.3, 0.4) is 0 Å². The summed E-state index contributed by atoms with van der Waals surface area (Å²) < 4.78 is 5.68. The quantitative estimate of drug-likeness (QED) is 0.325. The number of hydrogen-bond acceptors (Lipinski definition) is 4. The zero-order valence-corrected chi connectivity index (χ0v) is 19.0. The summed E-state index contributed by atoms with van der Waals surface area (Å²) in [6, 6.07) is 23.0. The van der Waals surface area contributed by atoms with Gasteiger partial charge in [-0.2, -0.15) is 0 Å². The van der Waals surface area contributed by atoms with E-state index < -0.39 is 0 Å². The van der Waals surface area contributed by atoms with Crippen molar-refractivity contribution >= 4 is 44.7 Å². The molecule has 3 N–H and O–H groups in total. The molecule has 0 fully saturated rings. The van der Waals surface area contributed by atoms with Crippen LogP contribution in [0.5, 0.6) is 11.5 Å². The number of benzene rings is 4. The minimum Gasteiger partial charge on any atom is -0.506 e. The zero-order chi connectivity index (χ0) is 23.8. The maximum absolute atomic E-state index is 11.2. The maximum Gasteiger partial charge on any atom is 0.221 e. The predicted octanol–water partition coefficient (Wildman–Crippen LogP) is 6.09. The predicted molar refractivity (Wildman–Crippen MR) is 134 cm³/mol. The van der Waals surface area contributed by atoms with Crippen molar-refractivity contribution in [3.8, 4) is 11.5 Å². The molecule has 0 saturated carbocycles. The maximum atomic E-state index is 11.2. The average Bonchev–Trinajstić information content (AvgIpc) is 2.78. The molecule has 0 aliphatic rings. The van der Waals surface area contributed by atoms with Gasteiger partial charge in [-0.25, -0.2) is 0 Å². The Morgan fingerprint density at radius 1 is 0.758 bits per heavy atom. The van der Waals surface area contributed by atoms with Gasteiger partial charge in [0.1, 0.15) is 11.5 Å². The van der Waals surface area contributed by atoms with Crippen molar-refractivity contribution in [3.63, 3.8) is 0 Å². The van der Waals surface area contributed by atoms with Gasteiger partial charge >= 0.3 is 0 Å². The van der Waals surface area contributed by atoms with Crippen LogP contribution in [0.2, 0.25) is 0 Å². The molecule has 6 nitrogen and oxygen atoms in total. The van der Waals surface area contributed by atoms with Gasteiger partial charge in [0.25, 0.3) is 0 Å². The monoisotopic (exact) mass is 444 g/mol. The Kier molecular flexibility index (Phi) is 7.86. The Morgan fingerprint density at radius 2 is 1.21 bits per heavy atom. The van der Waals surface area contributed by atoms with Crippen LogP contribution in [-0.2, 0) is 9.59 Å². The molecule has 2 amide bonds. The topological polar surface area (TPSA) is 87.7 Å². The van der Waals surface area contributed by atoms with E-state index in [1.165, 1.54) is 13.8 Å². The van der Waals surface area contributed by atoms with Gasteiger partial charge in [0.05, 0.1) is 18.0 Å².